The van der Waals surface area contributed by atoms with Crippen LogP contribution >= 0.6 is 0 Å². The third-order valence-corrected chi connectivity index (χ3v) is 2.10. The average molecular weight is 205 g/mol. The minimum Gasteiger partial charge on any atom is -0.486 e. The molecule has 0 aliphatic rings. The molecule has 0 aliphatic carbocycles. The molecule has 80 valence electrons. The first-order valence-electron chi connectivity index (χ1n) is 4.87. The third kappa shape index (κ3) is 2.84. The van der Waals surface area contributed by atoms with Crippen molar-refractivity contribution >= 4 is 5.91 Å². The van der Waals surface area contributed by atoms with E-state index in [2.05, 4.69) is 6.58 Å². The Hall–Kier alpha value is -1.77. The molecular weight excluding hydrogens is 190 g/mol. The fraction of sp³-hybridized carbons (Fsp3) is 0.250. The molecule has 1 amide bonds. The van der Waals surface area contributed by atoms with E-state index in [1.807, 2.05) is 6.92 Å². The smallest absolute Gasteiger partial charge is 0.252 e. The maximum atomic E-state index is 11.1. The Morgan fingerprint density at radius 2 is 2.27 bits per heavy atom. The first kappa shape index (κ1) is 11.3. The summed E-state index contributed by atoms with van der Waals surface area (Å²) in [5.74, 6) is 0.0289. The van der Waals surface area contributed by atoms with Crippen LogP contribution in [0.4, 0.5) is 0 Å². The normalized spacial score (nSPS) is 11.8. The summed E-state index contributed by atoms with van der Waals surface area (Å²) in [7, 11) is 0. The van der Waals surface area contributed by atoms with Gasteiger partial charge in [0.1, 0.15) is 11.9 Å². The molecule has 1 unspecified atom stereocenters. The van der Waals surface area contributed by atoms with Gasteiger partial charge in [-0.1, -0.05) is 31.7 Å². The Morgan fingerprint density at radius 1 is 1.60 bits per heavy atom. The Labute approximate surface area is 89.5 Å². The summed E-state index contributed by atoms with van der Waals surface area (Å²) in [4.78, 5) is 11.1. The summed E-state index contributed by atoms with van der Waals surface area (Å²) >= 11 is 0. The number of nitrogens with two attached hydrogens (primary N) is 1. The molecule has 2 N–H and O–H groups in total. The van der Waals surface area contributed by atoms with Gasteiger partial charge in [-0.3, -0.25) is 4.79 Å². The Kier molecular flexibility index (Phi) is 3.92. The van der Waals surface area contributed by atoms with Crippen molar-refractivity contribution in [2.24, 2.45) is 5.73 Å². The Morgan fingerprint density at radius 3 is 2.80 bits per heavy atom. The largest absolute Gasteiger partial charge is 0.486 e. The lowest BCUT2D eigenvalue weighted by atomic mass is 10.2. The highest BCUT2D eigenvalue weighted by Gasteiger charge is 2.10. The third-order valence-electron chi connectivity index (χ3n) is 2.10. The van der Waals surface area contributed by atoms with E-state index in [1.165, 1.54) is 0 Å². The van der Waals surface area contributed by atoms with Gasteiger partial charge in [-0.2, -0.15) is 0 Å². The van der Waals surface area contributed by atoms with E-state index in [-0.39, 0.29) is 6.10 Å². The zero-order valence-electron chi connectivity index (χ0n) is 8.77. The molecule has 0 spiro atoms. The maximum Gasteiger partial charge on any atom is 0.252 e. The molecule has 1 atom stereocenters. The minimum atomic E-state index is -0.482. The highest BCUT2D eigenvalue weighted by Crippen LogP contribution is 2.19. The van der Waals surface area contributed by atoms with E-state index in [1.54, 1.807) is 30.3 Å². The van der Waals surface area contributed by atoms with Gasteiger partial charge in [0.15, 0.2) is 0 Å². The topological polar surface area (TPSA) is 52.3 Å². The van der Waals surface area contributed by atoms with E-state index in [9.17, 15) is 4.79 Å². The van der Waals surface area contributed by atoms with Crippen LogP contribution in [0.5, 0.6) is 5.75 Å². The molecule has 0 saturated heterocycles. The number of ether oxygens (including phenoxy) is 1. The number of carbonyl (C=O) groups excluding carboxylic acids is 1. The number of primary amides is 1. The van der Waals surface area contributed by atoms with Gasteiger partial charge in [0.05, 0.1) is 5.56 Å². The van der Waals surface area contributed by atoms with Gasteiger partial charge in [-0.15, -0.1) is 0 Å². The van der Waals surface area contributed by atoms with Gasteiger partial charge in [0.25, 0.3) is 5.91 Å². The van der Waals surface area contributed by atoms with Crippen molar-refractivity contribution in [3.05, 3.63) is 42.5 Å². The summed E-state index contributed by atoms with van der Waals surface area (Å²) < 4.78 is 5.59. The standard InChI is InChI=1S/C12H15NO2/c1-3-9(4-2)15-11-8-6-5-7-10(11)12(13)14/h3,5-9H,1,4H2,2H3,(H2,13,14). The first-order valence-corrected chi connectivity index (χ1v) is 4.87. The van der Waals surface area contributed by atoms with Crippen LogP contribution in [0, 0.1) is 0 Å². The summed E-state index contributed by atoms with van der Waals surface area (Å²) in [5.41, 5.74) is 5.63. The summed E-state index contributed by atoms with van der Waals surface area (Å²) in [5, 5.41) is 0. The molecule has 1 aromatic rings. The highest BCUT2D eigenvalue weighted by molar-refractivity contribution is 5.95. The highest BCUT2D eigenvalue weighted by atomic mass is 16.5. The molecule has 1 rings (SSSR count). The second-order valence-corrected chi connectivity index (χ2v) is 3.16. The van der Waals surface area contributed by atoms with Crippen LogP contribution < -0.4 is 10.5 Å². The second kappa shape index (κ2) is 5.20. The Bertz CT molecular complexity index is 360. The number of rotatable bonds is 5. The van der Waals surface area contributed by atoms with Gasteiger partial charge < -0.3 is 10.5 Å². The molecule has 15 heavy (non-hydrogen) atoms. The van der Waals surface area contributed by atoms with Crippen LogP contribution in [0.15, 0.2) is 36.9 Å². The van der Waals surface area contributed by atoms with Crippen molar-refractivity contribution in [3.8, 4) is 5.75 Å². The molecule has 0 aromatic heterocycles. The zero-order valence-corrected chi connectivity index (χ0v) is 8.77. The van der Waals surface area contributed by atoms with E-state index in [4.69, 9.17) is 10.5 Å². The SMILES string of the molecule is C=CC(CC)Oc1ccccc1C(N)=O. The van der Waals surface area contributed by atoms with Crippen LogP contribution in [-0.4, -0.2) is 12.0 Å². The van der Waals surface area contributed by atoms with Gasteiger partial charge >= 0.3 is 0 Å². The predicted molar refractivity (Wildman–Crippen MR) is 59.9 cm³/mol. The minimum absolute atomic E-state index is 0.0921. The van der Waals surface area contributed by atoms with Gasteiger partial charge in [0.2, 0.25) is 0 Å². The lowest BCUT2D eigenvalue weighted by molar-refractivity contribution is 0.0994. The number of amides is 1. The van der Waals surface area contributed by atoms with Crippen molar-refractivity contribution < 1.29 is 9.53 Å². The monoisotopic (exact) mass is 205 g/mol. The van der Waals surface area contributed by atoms with E-state index < -0.39 is 5.91 Å². The lowest BCUT2D eigenvalue weighted by Crippen LogP contribution is -2.17. The fourth-order valence-electron chi connectivity index (χ4n) is 1.23. The number of benzene rings is 1. The zero-order chi connectivity index (χ0) is 11.3. The van der Waals surface area contributed by atoms with E-state index in [0.717, 1.165) is 6.42 Å². The van der Waals surface area contributed by atoms with Crippen LogP contribution in [0.2, 0.25) is 0 Å². The van der Waals surface area contributed by atoms with E-state index >= 15 is 0 Å². The van der Waals surface area contributed by atoms with Crippen LogP contribution in [0.1, 0.15) is 23.7 Å². The average Bonchev–Trinajstić information content (AvgIpc) is 2.26. The first-order chi connectivity index (χ1) is 7.19. The number of carbonyl (C=O) groups is 1. The van der Waals surface area contributed by atoms with E-state index in [0.29, 0.717) is 11.3 Å². The van der Waals surface area contributed by atoms with Crippen LogP contribution in [0.3, 0.4) is 0 Å². The van der Waals surface area contributed by atoms with Crippen LogP contribution in [-0.2, 0) is 0 Å². The molecule has 0 radical (unpaired) electrons. The summed E-state index contributed by atoms with van der Waals surface area (Å²) in [6.45, 7) is 5.65. The van der Waals surface area contributed by atoms with Gasteiger partial charge in [-0.05, 0) is 18.6 Å². The van der Waals surface area contributed by atoms with Crippen molar-refractivity contribution in [1.82, 2.24) is 0 Å². The summed E-state index contributed by atoms with van der Waals surface area (Å²) in [6, 6.07) is 6.93. The number of hydrogen-bond donors (Lipinski definition) is 1. The Balaban J connectivity index is 2.93. The number of hydrogen-bond acceptors (Lipinski definition) is 2. The molecule has 3 heteroatoms. The summed E-state index contributed by atoms with van der Waals surface area (Å²) in [6.07, 6.45) is 2.42. The molecule has 0 saturated carbocycles. The predicted octanol–water partition coefficient (Wildman–Crippen LogP) is 2.13. The molecule has 3 nitrogen and oxygen atoms in total. The fourth-order valence-corrected chi connectivity index (χ4v) is 1.23. The van der Waals surface area contributed by atoms with Gasteiger partial charge in [-0.25, -0.2) is 0 Å². The molecule has 0 bridgehead atoms. The van der Waals surface area contributed by atoms with Crippen LogP contribution in [0.25, 0.3) is 0 Å². The number of para-hydroxylation sites is 1. The molecule has 1 aromatic carbocycles. The molecular formula is C12H15NO2. The lowest BCUT2D eigenvalue weighted by Gasteiger charge is -2.15. The molecule has 0 heterocycles. The van der Waals surface area contributed by atoms with Crippen molar-refractivity contribution in [1.29, 1.82) is 0 Å². The second-order valence-electron chi connectivity index (χ2n) is 3.16. The maximum absolute atomic E-state index is 11.1. The van der Waals surface area contributed by atoms with Crippen molar-refractivity contribution in [2.45, 2.75) is 19.4 Å². The molecule has 0 aliphatic heterocycles. The van der Waals surface area contributed by atoms with Crippen molar-refractivity contribution in [2.75, 3.05) is 0 Å². The molecule has 0 fully saturated rings. The van der Waals surface area contributed by atoms with Gasteiger partial charge in [0, 0.05) is 0 Å². The van der Waals surface area contributed by atoms with Crippen molar-refractivity contribution in [3.63, 3.8) is 0 Å². The quantitative estimate of drug-likeness (QED) is 0.748.